The van der Waals surface area contributed by atoms with Gasteiger partial charge in [-0.3, -0.25) is 0 Å². The van der Waals surface area contributed by atoms with Gasteiger partial charge in [-0.25, -0.2) is 0 Å². The molecule has 2 aromatic rings. The topological polar surface area (TPSA) is 0 Å². The zero-order valence-electron chi connectivity index (χ0n) is 30.6. The van der Waals surface area contributed by atoms with E-state index in [1.807, 2.05) is 0 Å². The van der Waals surface area contributed by atoms with Crippen LogP contribution in [0.25, 0.3) is 0 Å². The Kier molecular flexibility index (Phi) is 10.4. The van der Waals surface area contributed by atoms with Crippen molar-refractivity contribution in [2.24, 2.45) is 22.7 Å². The lowest BCUT2D eigenvalue weighted by Crippen LogP contribution is -2.47. The third-order valence-corrected chi connectivity index (χ3v) is 12.7. The van der Waals surface area contributed by atoms with Crippen LogP contribution in [-0.2, 0) is 23.7 Å². The molecule has 0 heteroatoms. The molecule has 2 aromatic carbocycles. The predicted molar refractivity (Wildman–Crippen MR) is 191 cm³/mol. The van der Waals surface area contributed by atoms with Crippen LogP contribution < -0.4 is 0 Å². The van der Waals surface area contributed by atoms with Crippen LogP contribution in [-0.4, -0.2) is 0 Å². The number of benzene rings is 2. The van der Waals surface area contributed by atoms with Gasteiger partial charge >= 0.3 is 0 Å². The molecule has 0 heterocycles. The number of hydrogen-bond acceptors (Lipinski definition) is 0. The first-order chi connectivity index (χ1) is 20.1. The largest absolute Gasteiger partial charge is 0.0656 e. The minimum atomic E-state index is 0.421. The van der Waals surface area contributed by atoms with Gasteiger partial charge < -0.3 is 0 Å². The highest BCUT2D eigenvalue weighted by Gasteiger charge is 2.50. The Morgan fingerprint density at radius 1 is 0.581 bits per heavy atom. The second-order valence-electron chi connectivity index (χ2n) is 17.6. The van der Waals surface area contributed by atoms with Crippen molar-refractivity contribution in [3.8, 4) is 0 Å². The van der Waals surface area contributed by atoms with E-state index >= 15 is 0 Å². The van der Waals surface area contributed by atoms with Crippen molar-refractivity contribution in [2.45, 2.75) is 176 Å². The van der Waals surface area contributed by atoms with Crippen LogP contribution in [0.1, 0.15) is 186 Å². The molecule has 4 aliphatic rings. The molecule has 6 rings (SSSR count). The van der Waals surface area contributed by atoms with Crippen molar-refractivity contribution >= 4 is 0 Å². The van der Waals surface area contributed by atoms with Crippen LogP contribution in [0, 0.1) is 22.7 Å². The minimum absolute atomic E-state index is 0.421. The molecule has 0 saturated heterocycles. The molecule has 0 aromatic heterocycles. The van der Waals surface area contributed by atoms with Crippen molar-refractivity contribution in [3.63, 3.8) is 0 Å². The summed E-state index contributed by atoms with van der Waals surface area (Å²) in [5.41, 5.74) is 11.5. The summed E-state index contributed by atoms with van der Waals surface area (Å²) in [4.78, 5) is 0. The standard InChI is InChI=1S/2C20H30.C3H8/c2*1-14(2)15-7-9-17-16(13-15)8-10-18-19(3,4)11-6-12-20(17,18)5;1-3-2/h2*7,9,13-14,18H,6,8,10-12H2,1-5H3;3H2,1-2H3. The van der Waals surface area contributed by atoms with E-state index in [0.717, 1.165) is 11.8 Å². The first-order valence-corrected chi connectivity index (χ1v) is 18.4. The van der Waals surface area contributed by atoms with E-state index in [-0.39, 0.29) is 0 Å². The Labute approximate surface area is 268 Å². The zero-order chi connectivity index (χ0) is 31.8. The van der Waals surface area contributed by atoms with E-state index < -0.39 is 0 Å². The molecule has 0 nitrogen and oxygen atoms in total. The molecule has 0 bridgehead atoms. The summed E-state index contributed by atoms with van der Waals surface area (Å²) >= 11 is 0. The van der Waals surface area contributed by atoms with Gasteiger partial charge in [-0.2, -0.15) is 0 Å². The molecule has 4 atom stereocenters. The first kappa shape index (κ1) is 34.3. The summed E-state index contributed by atoms with van der Waals surface area (Å²) in [6, 6.07) is 14.7. The van der Waals surface area contributed by atoms with Crippen LogP contribution in [0.2, 0.25) is 0 Å². The highest BCUT2D eigenvalue weighted by atomic mass is 14.5. The monoisotopic (exact) mass is 585 g/mol. The SMILES string of the molecule is CC(C)c1ccc2c(c1)CCC1C(C)(C)CCCC21C.CC(C)c1ccc2c(c1)CCC1C(C)(C)CCCC21C.CCC. The molecular formula is C43H68. The fourth-order valence-electron chi connectivity index (χ4n) is 10.4. The van der Waals surface area contributed by atoms with E-state index in [1.165, 1.54) is 81.8 Å². The summed E-state index contributed by atoms with van der Waals surface area (Å²) in [6.07, 6.45) is 15.0. The lowest BCUT2D eigenvalue weighted by Gasteiger charge is -2.54. The second-order valence-corrected chi connectivity index (χ2v) is 17.6. The van der Waals surface area contributed by atoms with Gasteiger partial charge in [0.05, 0.1) is 0 Å². The third kappa shape index (κ3) is 6.70. The van der Waals surface area contributed by atoms with Crippen molar-refractivity contribution in [3.05, 3.63) is 69.8 Å². The quantitative estimate of drug-likeness (QED) is 0.329. The van der Waals surface area contributed by atoms with E-state index in [2.05, 4.69) is 119 Å². The van der Waals surface area contributed by atoms with E-state index in [1.54, 1.807) is 22.3 Å². The van der Waals surface area contributed by atoms with Crippen molar-refractivity contribution < 1.29 is 0 Å². The van der Waals surface area contributed by atoms with Gasteiger partial charge in [-0.05, 0) is 130 Å². The second kappa shape index (κ2) is 13.0. The van der Waals surface area contributed by atoms with Gasteiger partial charge in [0, 0.05) is 0 Å². The number of rotatable bonds is 2. The molecular weight excluding hydrogens is 516 g/mol. The van der Waals surface area contributed by atoms with E-state index in [9.17, 15) is 0 Å². The van der Waals surface area contributed by atoms with Gasteiger partial charge in [-0.15, -0.1) is 0 Å². The van der Waals surface area contributed by atoms with Crippen molar-refractivity contribution in [1.29, 1.82) is 0 Å². The van der Waals surface area contributed by atoms with Crippen LogP contribution in [0.15, 0.2) is 36.4 Å². The summed E-state index contributed by atoms with van der Waals surface area (Å²) < 4.78 is 0. The van der Waals surface area contributed by atoms with Crippen LogP contribution >= 0.6 is 0 Å². The van der Waals surface area contributed by atoms with Gasteiger partial charge in [-0.1, -0.05) is 139 Å². The molecule has 2 fully saturated rings. The smallest absolute Gasteiger partial charge is 0.00391 e. The normalized spacial score (nSPS) is 30.0. The Balaban J connectivity index is 0.000000181. The molecule has 0 aliphatic heterocycles. The number of hydrogen-bond donors (Lipinski definition) is 0. The summed E-state index contributed by atoms with van der Waals surface area (Å²) in [6.45, 7) is 28.6. The van der Waals surface area contributed by atoms with Crippen molar-refractivity contribution in [2.75, 3.05) is 0 Å². The summed E-state index contributed by atoms with van der Waals surface area (Å²) in [5, 5.41) is 0. The van der Waals surface area contributed by atoms with Crippen LogP contribution in [0.3, 0.4) is 0 Å². The lowest BCUT2D eigenvalue weighted by molar-refractivity contribution is 0.0405. The van der Waals surface area contributed by atoms with Crippen LogP contribution in [0.4, 0.5) is 0 Å². The minimum Gasteiger partial charge on any atom is -0.0656 e. The van der Waals surface area contributed by atoms with Gasteiger partial charge in [0.2, 0.25) is 0 Å². The third-order valence-electron chi connectivity index (χ3n) is 12.7. The lowest BCUT2D eigenvalue weighted by atomic mass is 9.50. The van der Waals surface area contributed by atoms with Crippen molar-refractivity contribution in [1.82, 2.24) is 0 Å². The average Bonchev–Trinajstić information content (AvgIpc) is 2.92. The molecule has 2 saturated carbocycles. The molecule has 4 aliphatic carbocycles. The predicted octanol–water partition coefficient (Wildman–Crippen LogP) is 13.1. The average molecular weight is 585 g/mol. The maximum absolute atomic E-state index is 2.55. The van der Waals surface area contributed by atoms with Crippen LogP contribution in [0.5, 0.6) is 0 Å². The summed E-state index contributed by atoms with van der Waals surface area (Å²) in [5.74, 6) is 3.02. The van der Waals surface area contributed by atoms with Gasteiger partial charge in [0.1, 0.15) is 0 Å². The number of aryl methyl sites for hydroxylation is 2. The molecule has 240 valence electrons. The Morgan fingerprint density at radius 3 is 1.26 bits per heavy atom. The fourth-order valence-corrected chi connectivity index (χ4v) is 10.4. The van der Waals surface area contributed by atoms with E-state index in [4.69, 9.17) is 0 Å². The Morgan fingerprint density at radius 2 is 0.930 bits per heavy atom. The molecule has 0 radical (unpaired) electrons. The molecule has 0 amide bonds. The first-order valence-electron chi connectivity index (χ1n) is 18.4. The summed E-state index contributed by atoms with van der Waals surface area (Å²) in [7, 11) is 0. The van der Waals surface area contributed by atoms with Gasteiger partial charge in [0.25, 0.3) is 0 Å². The molecule has 0 N–H and O–H groups in total. The fraction of sp³-hybridized carbons (Fsp3) is 0.721. The highest BCUT2D eigenvalue weighted by molar-refractivity contribution is 5.43. The highest BCUT2D eigenvalue weighted by Crippen LogP contribution is 2.58. The number of fused-ring (bicyclic) bond motifs is 6. The molecule has 0 spiro atoms. The maximum Gasteiger partial charge on any atom is -0.00391 e. The molecule has 43 heavy (non-hydrogen) atoms. The maximum atomic E-state index is 2.55. The molecule has 4 unspecified atom stereocenters. The Bertz CT molecular complexity index is 1130. The van der Waals surface area contributed by atoms with E-state index in [0.29, 0.717) is 33.5 Å². The zero-order valence-corrected chi connectivity index (χ0v) is 30.6. The van der Waals surface area contributed by atoms with Gasteiger partial charge in [0.15, 0.2) is 0 Å². The Hall–Kier alpha value is -1.56.